The minimum atomic E-state index is 0.251. The molecule has 1 aliphatic rings. The predicted octanol–water partition coefficient (Wildman–Crippen LogP) is 4.64. The Morgan fingerprint density at radius 2 is 1.85 bits per heavy atom. The molecule has 26 heavy (non-hydrogen) atoms. The van der Waals surface area contributed by atoms with Crippen LogP contribution in [0.1, 0.15) is 42.5 Å². The first-order valence-electron chi connectivity index (χ1n) is 9.25. The van der Waals surface area contributed by atoms with Crippen molar-refractivity contribution in [3.05, 3.63) is 63.9 Å². The van der Waals surface area contributed by atoms with E-state index in [1.807, 2.05) is 18.2 Å². The van der Waals surface area contributed by atoms with E-state index >= 15 is 0 Å². The number of hydrogen-bond donors (Lipinski definition) is 0. The molecule has 0 saturated heterocycles. The Hall–Kier alpha value is -2.49. The van der Waals surface area contributed by atoms with E-state index in [0.717, 1.165) is 35.3 Å². The molecular formula is C22H27NO3. The average molecular weight is 353 g/mol. The number of nitrogens with zero attached hydrogens (tertiary/aromatic N) is 1. The van der Waals surface area contributed by atoms with Crippen molar-refractivity contribution < 1.29 is 14.2 Å². The third-order valence-corrected chi connectivity index (χ3v) is 4.57. The van der Waals surface area contributed by atoms with Gasteiger partial charge in [-0.25, -0.2) is 4.74 Å². The lowest BCUT2D eigenvalue weighted by atomic mass is 9.97. The van der Waals surface area contributed by atoms with E-state index in [-0.39, 0.29) is 6.79 Å². The fraction of sp³-hybridized carbons (Fsp3) is 0.409. The molecule has 0 aliphatic carbocycles. The number of rotatable bonds is 7. The van der Waals surface area contributed by atoms with Gasteiger partial charge in [0.2, 0.25) is 6.79 Å². The monoisotopic (exact) mass is 353 g/mol. The van der Waals surface area contributed by atoms with Gasteiger partial charge in [-0.1, -0.05) is 32.0 Å². The molecule has 1 heterocycles. The topological polar surface area (TPSA) is 44.5 Å². The van der Waals surface area contributed by atoms with E-state index in [2.05, 4.69) is 39.0 Å². The van der Waals surface area contributed by atoms with Gasteiger partial charge in [-0.15, -0.1) is 0 Å². The number of fused-ring (bicyclic) bond motifs is 1. The molecule has 0 radical (unpaired) electrons. The molecule has 0 unspecified atom stereocenters. The summed E-state index contributed by atoms with van der Waals surface area (Å²) >= 11 is 0. The van der Waals surface area contributed by atoms with Crippen LogP contribution in [0.25, 0.3) is 0 Å². The van der Waals surface area contributed by atoms with Gasteiger partial charge in [0.05, 0.1) is 0 Å². The summed E-state index contributed by atoms with van der Waals surface area (Å²) in [4.78, 5) is 0. The minimum Gasteiger partial charge on any atom is -0.624 e. The molecule has 0 spiro atoms. The van der Waals surface area contributed by atoms with Crippen molar-refractivity contribution in [3.63, 3.8) is 0 Å². The number of benzene rings is 2. The first kappa shape index (κ1) is 18.3. The standard InChI is InChI=1S/C22H27NO3/c1-16(2)11-18-6-8-20(17(3)12-18)5-4-10-23(24)14-19-7-9-21-22(13-19)26-15-25-21/h6-10,12-13,16H,4-5,11,14-15H2,1-3H3. The third-order valence-electron chi connectivity index (χ3n) is 4.57. The van der Waals surface area contributed by atoms with Crippen LogP contribution in [0.5, 0.6) is 11.5 Å². The number of hydroxylamine groups is 1. The van der Waals surface area contributed by atoms with E-state index in [0.29, 0.717) is 18.2 Å². The summed E-state index contributed by atoms with van der Waals surface area (Å²) in [5.74, 6) is 2.12. The number of hydrogen-bond acceptors (Lipinski definition) is 3. The summed E-state index contributed by atoms with van der Waals surface area (Å²) in [5.41, 5.74) is 4.93. The Bertz CT molecular complexity index is 796. The van der Waals surface area contributed by atoms with Gasteiger partial charge in [0.25, 0.3) is 0 Å². The van der Waals surface area contributed by atoms with Crippen molar-refractivity contribution >= 4 is 6.21 Å². The normalized spacial score (nSPS) is 13.5. The SMILES string of the molecule is Cc1cc(CC(C)C)ccc1CCC=[N+]([O-])Cc1ccc2c(c1)OCO2. The molecule has 1 aliphatic heterocycles. The molecular weight excluding hydrogens is 326 g/mol. The zero-order valence-corrected chi connectivity index (χ0v) is 15.8. The molecule has 0 N–H and O–H groups in total. The molecule has 0 atom stereocenters. The molecule has 4 nitrogen and oxygen atoms in total. The highest BCUT2D eigenvalue weighted by Gasteiger charge is 2.14. The van der Waals surface area contributed by atoms with Crippen molar-refractivity contribution in [3.8, 4) is 11.5 Å². The highest BCUT2D eigenvalue weighted by atomic mass is 16.7. The van der Waals surface area contributed by atoms with Gasteiger partial charge in [-0.05, 0) is 60.6 Å². The Kier molecular flexibility index (Phi) is 5.82. The summed E-state index contributed by atoms with van der Waals surface area (Å²) in [6, 6.07) is 12.3. The fourth-order valence-corrected chi connectivity index (χ4v) is 3.28. The van der Waals surface area contributed by atoms with Crippen LogP contribution in [0.15, 0.2) is 36.4 Å². The molecule has 0 amide bonds. The van der Waals surface area contributed by atoms with Gasteiger partial charge in [0, 0.05) is 12.0 Å². The Labute approximate surface area is 155 Å². The maximum absolute atomic E-state index is 12.2. The maximum atomic E-state index is 12.2. The van der Waals surface area contributed by atoms with E-state index in [1.54, 1.807) is 6.21 Å². The second-order valence-electron chi connectivity index (χ2n) is 7.34. The lowest BCUT2D eigenvalue weighted by Gasteiger charge is -2.10. The molecule has 2 aromatic carbocycles. The molecule has 0 aromatic heterocycles. The van der Waals surface area contributed by atoms with Gasteiger partial charge in [-0.3, -0.25) is 0 Å². The molecule has 4 heteroatoms. The number of ether oxygens (including phenoxy) is 2. The van der Waals surface area contributed by atoms with Gasteiger partial charge in [-0.2, -0.15) is 0 Å². The third kappa shape index (κ3) is 4.78. The van der Waals surface area contributed by atoms with Gasteiger partial charge in [0.15, 0.2) is 24.3 Å². The van der Waals surface area contributed by atoms with E-state index in [9.17, 15) is 5.21 Å². The highest BCUT2D eigenvalue weighted by molar-refractivity contribution is 5.52. The zero-order valence-electron chi connectivity index (χ0n) is 15.8. The molecule has 0 fully saturated rings. The van der Waals surface area contributed by atoms with Gasteiger partial charge >= 0.3 is 0 Å². The van der Waals surface area contributed by atoms with Gasteiger partial charge in [0.1, 0.15) is 0 Å². The molecule has 0 saturated carbocycles. The van der Waals surface area contributed by atoms with Crippen molar-refractivity contribution in [2.24, 2.45) is 5.92 Å². The van der Waals surface area contributed by atoms with Crippen LogP contribution < -0.4 is 9.47 Å². The Morgan fingerprint density at radius 1 is 1.08 bits per heavy atom. The van der Waals surface area contributed by atoms with Crippen molar-refractivity contribution in [2.45, 2.75) is 46.6 Å². The Balaban J connectivity index is 1.54. The van der Waals surface area contributed by atoms with Crippen LogP contribution in [0, 0.1) is 18.0 Å². The largest absolute Gasteiger partial charge is 0.624 e. The lowest BCUT2D eigenvalue weighted by molar-refractivity contribution is -0.471. The Morgan fingerprint density at radius 3 is 2.62 bits per heavy atom. The summed E-state index contributed by atoms with van der Waals surface area (Å²) in [5, 5.41) is 12.2. The van der Waals surface area contributed by atoms with Crippen molar-refractivity contribution in [1.82, 2.24) is 0 Å². The van der Waals surface area contributed by atoms with E-state index in [1.165, 1.54) is 16.7 Å². The van der Waals surface area contributed by atoms with E-state index in [4.69, 9.17) is 9.47 Å². The average Bonchev–Trinajstić information content (AvgIpc) is 3.04. The van der Waals surface area contributed by atoms with Crippen LogP contribution in [0.3, 0.4) is 0 Å². The fourth-order valence-electron chi connectivity index (χ4n) is 3.28. The first-order valence-corrected chi connectivity index (χ1v) is 9.25. The highest BCUT2D eigenvalue weighted by Crippen LogP contribution is 2.32. The summed E-state index contributed by atoms with van der Waals surface area (Å²) in [6.07, 6.45) is 4.45. The predicted molar refractivity (Wildman–Crippen MR) is 104 cm³/mol. The van der Waals surface area contributed by atoms with Crippen LogP contribution in [-0.2, 0) is 19.4 Å². The molecule has 2 aromatic rings. The number of aryl methyl sites for hydroxylation is 2. The summed E-state index contributed by atoms with van der Waals surface area (Å²) in [7, 11) is 0. The summed E-state index contributed by atoms with van der Waals surface area (Å²) in [6.45, 7) is 7.20. The van der Waals surface area contributed by atoms with Crippen LogP contribution in [0.4, 0.5) is 0 Å². The summed E-state index contributed by atoms with van der Waals surface area (Å²) < 4.78 is 11.6. The second-order valence-corrected chi connectivity index (χ2v) is 7.34. The molecule has 138 valence electrons. The minimum absolute atomic E-state index is 0.251. The van der Waals surface area contributed by atoms with E-state index < -0.39 is 0 Å². The quantitative estimate of drug-likeness (QED) is 0.315. The van der Waals surface area contributed by atoms with Crippen LogP contribution >= 0.6 is 0 Å². The second kappa shape index (κ2) is 8.26. The lowest BCUT2D eigenvalue weighted by Crippen LogP contribution is -2.06. The molecule has 0 bridgehead atoms. The van der Waals surface area contributed by atoms with Crippen LogP contribution in [-0.4, -0.2) is 17.7 Å². The smallest absolute Gasteiger partial charge is 0.231 e. The zero-order chi connectivity index (χ0) is 18.5. The maximum Gasteiger partial charge on any atom is 0.231 e. The van der Waals surface area contributed by atoms with Gasteiger partial charge < -0.3 is 14.7 Å². The van der Waals surface area contributed by atoms with Crippen molar-refractivity contribution in [1.29, 1.82) is 0 Å². The van der Waals surface area contributed by atoms with Crippen LogP contribution in [0.2, 0.25) is 0 Å². The van der Waals surface area contributed by atoms with Crippen molar-refractivity contribution in [2.75, 3.05) is 6.79 Å². The first-order chi connectivity index (χ1) is 12.5. The molecule has 3 rings (SSSR count).